The third-order valence-electron chi connectivity index (χ3n) is 4.64. The summed E-state index contributed by atoms with van der Waals surface area (Å²) in [7, 11) is -3.48. The number of aromatic nitrogens is 1. The molecule has 4 rings (SSSR count). The predicted octanol–water partition coefficient (Wildman–Crippen LogP) is 2.88. The lowest BCUT2D eigenvalue weighted by Gasteiger charge is -2.35. The second-order valence-corrected chi connectivity index (χ2v) is 8.13. The lowest BCUT2D eigenvalue weighted by Crippen LogP contribution is -2.48. The third kappa shape index (κ3) is 3.04. The highest BCUT2D eigenvalue weighted by Crippen LogP contribution is 2.28. The summed E-state index contributed by atoms with van der Waals surface area (Å²) in [5, 5.41) is 0.742. The van der Waals surface area contributed by atoms with Crippen molar-refractivity contribution in [1.82, 2.24) is 9.29 Å². The van der Waals surface area contributed by atoms with E-state index in [2.05, 4.69) is 9.88 Å². The van der Waals surface area contributed by atoms with Gasteiger partial charge in [-0.1, -0.05) is 18.2 Å². The number of hydrogen-bond donors (Lipinski definition) is 0. The van der Waals surface area contributed by atoms with Crippen LogP contribution in [-0.4, -0.2) is 43.9 Å². The Balaban J connectivity index is 1.57. The van der Waals surface area contributed by atoms with Crippen molar-refractivity contribution >= 4 is 26.6 Å². The molecule has 0 atom stereocenters. The molecule has 1 aliphatic rings. The number of hydrogen-bond acceptors (Lipinski definition) is 4. The Morgan fingerprint density at radius 1 is 0.923 bits per heavy atom. The van der Waals surface area contributed by atoms with Gasteiger partial charge in [0.05, 0.1) is 10.4 Å². The smallest absolute Gasteiger partial charge is 0.243 e. The highest BCUT2D eigenvalue weighted by molar-refractivity contribution is 7.89. The normalized spacial score (nSPS) is 16.1. The van der Waals surface area contributed by atoms with Gasteiger partial charge in [-0.3, -0.25) is 4.98 Å². The molecular weight excluding hydrogens is 353 g/mol. The topological polar surface area (TPSA) is 53.5 Å². The molecule has 0 bridgehead atoms. The lowest BCUT2D eigenvalue weighted by atomic mass is 10.1. The largest absolute Gasteiger partial charge is 0.368 e. The maximum absolute atomic E-state index is 13.7. The Hall–Kier alpha value is -2.51. The van der Waals surface area contributed by atoms with Gasteiger partial charge in [-0.15, -0.1) is 0 Å². The number of sulfonamides is 1. The third-order valence-corrected chi connectivity index (χ3v) is 6.55. The van der Waals surface area contributed by atoms with Crippen molar-refractivity contribution in [3.8, 4) is 0 Å². The van der Waals surface area contributed by atoms with Crippen molar-refractivity contribution in [2.75, 3.05) is 31.1 Å². The summed E-state index contributed by atoms with van der Waals surface area (Å²) in [6.45, 7) is 1.86. The van der Waals surface area contributed by atoms with E-state index < -0.39 is 10.0 Å². The molecule has 3 aromatic rings. The Bertz CT molecular complexity index is 1030. The predicted molar refractivity (Wildman–Crippen MR) is 99.1 cm³/mol. The van der Waals surface area contributed by atoms with Crippen LogP contribution in [0.15, 0.2) is 65.7 Å². The number of rotatable bonds is 3. The van der Waals surface area contributed by atoms with Crippen LogP contribution in [0.2, 0.25) is 0 Å². The summed E-state index contributed by atoms with van der Waals surface area (Å²) in [5.41, 5.74) is 1.61. The number of piperazine rings is 1. The molecule has 0 aliphatic carbocycles. The minimum atomic E-state index is -3.48. The molecule has 134 valence electrons. The number of pyridine rings is 1. The molecule has 7 heteroatoms. The highest BCUT2D eigenvalue weighted by atomic mass is 32.2. The zero-order valence-corrected chi connectivity index (χ0v) is 14.9. The van der Waals surface area contributed by atoms with Crippen molar-refractivity contribution in [2.24, 2.45) is 0 Å². The molecule has 0 spiro atoms. The first-order chi connectivity index (χ1) is 12.6. The fourth-order valence-corrected chi connectivity index (χ4v) is 4.73. The van der Waals surface area contributed by atoms with Crippen LogP contribution in [0.4, 0.5) is 10.1 Å². The van der Waals surface area contributed by atoms with Crippen LogP contribution < -0.4 is 4.90 Å². The van der Waals surface area contributed by atoms with E-state index >= 15 is 0 Å². The quantitative estimate of drug-likeness (QED) is 0.710. The molecule has 0 unspecified atom stereocenters. The molecule has 1 aliphatic heterocycles. The Morgan fingerprint density at radius 2 is 1.65 bits per heavy atom. The van der Waals surface area contributed by atoms with Crippen molar-refractivity contribution in [3.05, 3.63) is 66.6 Å². The van der Waals surface area contributed by atoms with Crippen LogP contribution in [-0.2, 0) is 10.0 Å². The number of benzene rings is 2. The van der Waals surface area contributed by atoms with Crippen LogP contribution in [0.25, 0.3) is 10.9 Å². The van der Waals surface area contributed by atoms with E-state index in [0.29, 0.717) is 31.1 Å². The van der Waals surface area contributed by atoms with E-state index in [1.165, 1.54) is 16.4 Å². The van der Waals surface area contributed by atoms with E-state index in [4.69, 9.17) is 0 Å². The van der Waals surface area contributed by atoms with E-state index in [9.17, 15) is 12.8 Å². The molecule has 0 amide bonds. The van der Waals surface area contributed by atoms with Gasteiger partial charge < -0.3 is 4.90 Å². The summed E-state index contributed by atoms with van der Waals surface area (Å²) in [6, 6.07) is 14.8. The van der Waals surface area contributed by atoms with Gasteiger partial charge in [-0.05, 0) is 36.4 Å². The summed E-state index contributed by atoms with van der Waals surface area (Å²) in [6.07, 6.45) is 1.70. The maximum Gasteiger partial charge on any atom is 0.243 e. The summed E-state index contributed by atoms with van der Waals surface area (Å²) < 4.78 is 40.6. The average molecular weight is 371 g/mol. The van der Waals surface area contributed by atoms with Gasteiger partial charge in [0.25, 0.3) is 0 Å². The van der Waals surface area contributed by atoms with Gasteiger partial charge in [-0.2, -0.15) is 4.31 Å². The van der Waals surface area contributed by atoms with Crippen LogP contribution in [0.1, 0.15) is 0 Å². The molecule has 0 saturated carbocycles. The molecular formula is C19H18FN3O2S. The van der Waals surface area contributed by atoms with Gasteiger partial charge in [0.15, 0.2) is 0 Å². The van der Waals surface area contributed by atoms with Crippen LogP contribution >= 0.6 is 0 Å². The Morgan fingerprint density at radius 3 is 2.38 bits per heavy atom. The van der Waals surface area contributed by atoms with Crippen LogP contribution in [0, 0.1) is 5.82 Å². The summed E-state index contributed by atoms with van der Waals surface area (Å²) >= 11 is 0. The second kappa shape index (κ2) is 6.66. The Labute approximate surface area is 151 Å². The SMILES string of the molecule is O=S(=O)(c1ccccc1)N1CCN(c2ccnc3ccc(F)cc23)CC1. The Kier molecular flexibility index (Phi) is 4.34. The number of fused-ring (bicyclic) bond motifs is 1. The van der Waals surface area contributed by atoms with Crippen LogP contribution in [0.3, 0.4) is 0 Å². The van der Waals surface area contributed by atoms with Gasteiger partial charge in [0.1, 0.15) is 5.82 Å². The van der Waals surface area contributed by atoms with Gasteiger partial charge in [-0.25, -0.2) is 12.8 Å². The molecule has 1 saturated heterocycles. The molecule has 0 N–H and O–H groups in total. The first-order valence-electron chi connectivity index (χ1n) is 8.40. The summed E-state index contributed by atoms with van der Waals surface area (Å²) in [5.74, 6) is -0.308. The second-order valence-electron chi connectivity index (χ2n) is 6.20. The van der Waals surface area contributed by atoms with Crippen molar-refractivity contribution in [1.29, 1.82) is 0 Å². The van der Waals surface area contributed by atoms with Gasteiger partial charge in [0, 0.05) is 43.4 Å². The molecule has 2 aromatic carbocycles. The lowest BCUT2D eigenvalue weighted by molar-refractivity contribution is 0.385. The van der Waals surface area contributed by atoms with E-state index in [0.717, 1.165) is 16.6 Å². The van der Waals surface area contributed by atoms with E-state index in [-0.39, 0.29) is 5.82 Å². The zero-order valence-electron chi connectivity index (χ0n) is 14.0. The maximum atomic E-state index is 13.7. The monoisotopic (exact) mass is 371 g/mol. The molecule has 5 nitrogen and oxygen atoms in total. The molecule has 0 radical (unpaired) electrons. The van der Waals surface area contributed by atoms with Crippen molar-refractivity contribution < 1.29 is 12.8 Å². The fraction of sp³-hybridized carbons (Fsp3) is 0.211. The van der Waals surface area contributed by atoms with Gasteiger partial charge in [0.2, 0.25) is 10.0 Å². The molecule has 1 fully saturated rings. The standard InChI is InChI=1S/C19H18FN3O2S/c20-15-6-7-18-17(14-15)19(8-9-21-18)22-10-12-23(13-11-22)26(24,25)16-4-2-1-3-5-16/h1-9,14H,10-13H2. The number of anilines is 1. The first-order valence-corrected chi connectivity index (χ1v) is 9.84. The number of halogens is 1. The number of nitrogens with zero attached hydrogens (tertiary/aromatic N) is 3. The van der Waals surface area contributed by atoms with Crippen LogP contribution in [0.5, 0.6) is 0 Å². The van der Waals surface area contributed by atoms with E-state index in [1.807, 2.05) is 6.07 Å². The fourth-order valence-electron chi connectivity index (χ4n) is 3.29. The minimum Gasteiger partial charge on any atom is -0.368 e. The highest BCUT2D eigenvalue weighted by Gasteiger charge is 2.28. The van der Waals surface area contributed by atoms with Gasteiger partial charge >= 0.3 is 0 Å². The van der Waals surface area contributed by atoms with Crippen molar-refractivity contribution in [2.45, 2.75) is 4.90 Å². The van der Waals surface area contributed by atoms with E-state index in [1.54, 1.807) is 42.6 Å². The minimum absolute atomic E-state index is 0.308. The molecule has 1 aromatic heterocycles. The van der Waals surface area contributed by atoms with Crippen molar-refractivity contribution in [3.63, 3.8) is 0 Å². The average Bonchev–Trinajstić information content (AvgIpc) is 2.68. The molecule has 2 heterocycles. The summed E-state index contributed by atoms with van der Waals surface area (Å²) in [4.78, 5) is 6.67. The molecule has 26 heavy (non-hydrogen) atoms. The zero-order chi connectivity index (χ0) is 18.1. The first kappa shape index (κ1) is 16.9.